The average molecular weight is 285 g/mol. The molecule has 0 amide bonds. The minimum absolute atomic E-state index is 0.180. The molecule has 8 nitrogen and oxygen atoms in total. The van der Waals surface area contributed by atoms with E-state index in [2.05, 4.69) is 25.4 Å². The minimum Gasteiger partial charge on any atom is -0.478 e. The Morgan fingerprint density at radius 2 is 2.24 bits per heavy atom. The zero-order chi connectivity index (χ0) is 14.8. The summed E-state index contributed by atoms with van der Waals surface area (Å²) in [4.78, 5) is 23.3. The number of benzene rings is 1. The number of fused-ring (bicyclic) bond motifs is 1. The average Bonchev–Trinajstić information content (AvgIpc) is 2.90. The van der Waals surface area contributed by atoms with Crippen molar-refractivity contribution in [2.75, 3.05) is 5.32 Å². The molecule has 0 fully saturated rings. The van der Waals surface area contributed by atoms with Crippen LogP contribution in [0.15, 0.2) is 29.0 Å². The van der Waals surface area contributed by atoms with Gasteiger partial charge in [-0.05, 0) is 25.1 Å². The number of aryl methyl sites for hydroxylation is 1. The smallest absolute Gasteiger partial charge is 0.335 e. The number of carboxylic acid groups (broad SMARTS) is 1. The Bertz CT molecular complexity index is 814. The van der Waals surface area contributed by atoms with Crippen LogP contribution in [0.25, 0.3) is 10.9 Å². The van der Waals surface area contributed by atoms with Crippen molar-refractivity contribution in [2.45, 2.75) is 13.5 Å². The van der Waals surface area contributed by atoms with E-state index in [1.54, 1.807) is 13.0 Å². The summed E-state index contributed by atoms with van der Waals surface area (Å²) in [5, 5.41) is 16.5. The molecule has 0 aliphatic heterocycles. The van der Waals surface area contributed by atoms with Gasteiger partial charge in [-0.3, -0.25) is 0 Å². The summed E-state index contributed by atoms with van der Waals surface area (Å²) in [5.41, 5.74) is 0.730. The van der Waals surface area contributed by atoms with E-state index < -0.39 is 5.97 Å². The van der Waals surface area contributed by atoms with Crippen LogP contribution in [0.1, 0.15) is 22.1 Å². The second kappa shape index (κ2) is 5.16. The normalized spacial score (nSPS) is 10.7. The third-order valence-electron chi connectivity index (χ3n) is 2.86. The van der Waals surface area contributed by atoms with Crippen molar-refractivity contribution in [2.24, 2.45) is 0 Å². The largest absolute Gasteiger partial charge is 0.478 e. The SMILES string of the molecule is Cc1noc(CNc2ncnc3cc(C(=O)O)ccc23)n1. The fourth-order valence-electron chi connectivity index (χ4n) is 1.90. The number of carboxylic acids is 1. The van der Waals surface area contributed by atoms with Crippen LogP contribution in [0.5, 0.6) is 0 Å². The van der Waals surface area contributed by atoms with E-state index >= 15 is 0 Å². The van der Waals surface area contributed by atoms with Gasteiger partial charge in [0.2, 0.25) is 5.89 Å². The summed E-state index contributed by atoms with van der Waals surface area (Å²) < 4.78 is 5.00. The Kier molecular flexibility index (Phi) is 3.19. The Morgan fingerprint density at radius 1 is 1.38 bits per heavy atom. The molecule has 2 aromatic heterocycles. The van der Waals surface area contributed by atoms with Crippen LogP contribution < -0.4 is 5.32 Å². The zero-order valence-corrected chi connectivity index (χ0v) is 11.1. The maximum absolute atomic E-state index is 11.0. The number of nitrogens with one attached hydrogen (secondary N) is 1. The number of carbonyl (C=O) groups is 1. The molecule has 0 aliphatic rings. The summed E-state index contributed by atoms with van der Waals surface area (Å²) >= 11 is 0. The van der Waals surface area contributed by atoms with Gasteiger partial charge in [-0.2, -0.15) is 4.98 Å². The monoisotopic (exact) mass is 285 g/mol. The van der Waals surface area contributed by atoms with E-state index in [0.717, 1.165) is 5.39 Å². The third kappa shape index (κ3) is 2.64. The Morgan fingerprint density at radius 3 is 2.95 bits per heavy atom. The van der Waals surface area contributed by atoms with Gasteiger partial charge in [-0.15, -0.1) is 0 Å². The van der Waals surface area contributed by atoms with Crippen molar-refractivity contribution >= 4 is 22.7 Å². The highest BCUT2D eigenvalue weighted by molar-refractivity contribution is 5.96. The number of aromatic carboxylic acids is 1. The van der Waals surface area contributed by atoms with Gasteiger partial charge >= 0.3 is 5.97 Å². The van der Waals surface area contributed by atoms with Gasteiger partial charge in [-0.25, -0.2) is 14.8 Å². The number of rotatable bonds is 4. The second-order valence-electron chi connectivity index (χ2n) is 4.35. The van der Waals surface area contributed by atoms with Gasteiger partial charge in [0, 0.05) is 5.39 Å². The molecule has 106 valence electrons. The van der Waals surface area contributed by atoms with E-state index in [1.165, 1.54) is 18.5 Å². The summed E-state index contributed by atoms with van der Waals surface area (Å²) in [6, 6.07) is 4.68. The zero-order valence-electron chi connectivity index (χ0n) is 11.1. The lowest BCUT2D eigenvalue weighted by Crippen LogP contribution is -2.03. The molecule has 0 aliphatic carbocycles. The molecule has 21 heavy (non-hydrogen) atoms. The highest BCUT2D eigenvalue weighted by atomic mass is 16.5. The fraction of sp³-hybridized carbons (Fsp3) is 0.154. The molecule has 1 aromatic carbocycles. The lowest BCUT2D eigenvalue weighted by Gasteiger charge is -2.06. The Balaban J connectivity index is 1.90. The molecule has 0 radical (unpaired) electrons. The topological polar surface area (TPSA) is 114 Å². The Labute approximate surface area is 118 Å². The van der Waals surface area contributed by atoms with Crippen LogP contribution in [-0.2, 0) is 6.54 Å². The second-order valence-corrected chi connectivity index (χ2v) is 4.35. The lowest BCUT2D eigenvalue weighted by molar-refractivity contribution is 0.0697. The molecule has 0 bridgehead atoms. The van der Waals surface area contributed by atoms with Gasteiger partial charge in [-0.1, -0.05) is 5.16 Å². The predicted octanol–water partition coefficient (Wildman–Crippen LogP) is 1.63. The molecule has 8 heteroatoms. The van der Waals surface area contributed by atoms with Crippen molar-refractivity contribution in [3.05, 3.63) is 41.8 Å². The van der Waals surface area contributed by atoms with Crippen molar-refractivity contribution < 1.29 is 14.4 Å². The summed E-state index contributed by atoms with van der Waals surface area (Å²) in [6.07, 6.45) is 1.37. The van der Waals surface area contributed by atoms with Gasteiger partial charge in [0.15, 0.2) is 5.82 Å². The number of hydrogen-bond donors (Lipinski definition) is 2. The highest BCUT2D eigenvalue weighted by Gasteiger charge is 2.09. The molecule has 0 saturated heterocycles. The quantitative estimate of drug-likeness (QED) is 0.743. The number of aromatic nitrogens is 4. The molecule has 0 unspecified atom stereocenters. The minimum atomic E-state index is -0.994. The molecular weight excluding hydrogens is 274 g/mol. The van der Waals surface area contributed by atoms with Crippen LogP contribution in [0.4, 0.5) is 5.82 Å². The van der Waals surface area contributed by atoms with Crippen LogP contribution in [0.3, 0.4) is 0 Å². The predicted molar refractivity (Wildman–Crippen MR) is 72.9 cm³/mol. The first kappa shape index (κ1) is 13.0. The van der Waals surface area contributed by atoms with Crippen LogP contribution in [-0.4, -0.2) is 31.2 Å². The van der Waals surface area contributed by atoms with E-state index in [0.29, 0.717) is 29.6 Å². The molecule has 0 atom stereocenters. The first-order valence-corrected chi connectivity index (χ1v) is 6.14. The van der Waals surface area contributed by atoms with Crippen LogP contribution in [0.2, 0.25) is 0 Å². The molecule has 0 saturated carbocycles. The Hall–Kier alpha value is -3.03. The van der Waals surface area contributed by atoms with E-state index in [1.807, 2.05) is 0 Å². The van der Waals surface area contributed by atoms with Gasteiger partial charge in [0.05, 0.1) is 17.6 Å². The van der Waals surface area contributed by atoms with Crippen LogP contribution >= 0.6 is 0 Å². The van der Waals surface area contributed by atoms with Crippen molar-refractivity contribution in [3.63, 3.8) is 0 Å². The third-order valence-corrected chi connectivity index (χ3v) is 2.86. The molecule has 2 N–H and O–H groups in total. The molecule has 3 rings (SSSR count). The fourth-order valence-corrected chi connectivity index (χ4v) is 1.90. The first-order valence-electron chi connectivity index (χ1n) is 6.14. The maximum atomic E-state index is 11.0. The number of anilines is 1. The molecule has 2 heterocycles. The van der Waals surface area contributed by atoms with Crippen LogP contribution in [0, 0.1) is 6.92 Å². The number of nitrogens with zero attached hydrogens (tertiary/aromatic N) is 4. The molecular formula is C13H11N5O3. The number of hydrogen-bond acceptors (Lipinski definition) is 7. The summed E-state index contributed by atoms with van der Waals surface area (Å²) in [7, 11) is 0. The van der Waals surface area contributed by atoms with E-state index in [4.69, 9.17) is 9.63 Å². The molecule has 0 spiro atoms. The van der Waals surface area contributed by atoms with Gasteiger partial charge in [0.1, 0.15) is 12.1 Å². The van der Waals surface area contributed by atoms with Gasteiger partial charge in [0.25, 0.3) is 0 Å². The molecule has 3 aromatic rings. The standard InChI is InChI=1S/C13H11N5O3/c1-7-17-11(21-18-7)5-14-12-9-3-2-8(13(19)20)4-10(9)15-6-16-12/h2-4,6H,5H2,1H3,(H,19,20)(H,14,15,16). The lowest BCUT2D eigenvalue weighted by atomic mass is 10.1. The summed E-state index contributed by atoms with van der Waals surface area (Å²) in [6.45, 7) is 2.06. The van der Waals surface area contributed by atoms with E-state index in [9.17, 15) is 4.79 Å². The maximum Gasteiger partial charge on any atom is 0.335 e. The van der Waals surface area contributed by atoms with Crippen molar-refractivity contribution in [3.8, 4) is 0 Å². The van der Waals surface area contributed by atoms with Crippen molar-refractivity contribution in [1.82, 2.24) is 20.1 Å². The first-order chi connectivity index (χ1) is 10.1. The van der Waals surface area contributed by atoms with Crippen molar-refractivity contribution in [1.29, 1.82) is 0 Å². The van der Waals surface area contributed by atoms with E-state index in [-0.39, 0.29) is 5.56 Å². The highest BCUT2D eigenvalue weighted by Crippen LogP contribution is 2.20. The van der Waals surface area contributed by atoms with Gasteiger partial charge < -0.3 is 14.9 Å². The summed E-state index contributed by atoms with van der Waals surface area (Å²) in [5.74, 6) is 0.589.